The van der Waals surface area contributed by atoms with E-state index in [9.17, 15) is 4.79 Å². The van der Waals surface area contributed by atoms with Crippen LogP contribution in [0.25, 0.3) is 10.6 Å². The number of thiazole rings is 1. The van der Waals surface area contributed by atoms with Crippen LogP contribution in [0.4, 0.5) is 0 Å². The lowest BCUT2D eigenvalue weighted by Crippen LogP contribution is -2.51. The van der Waals surface area contributed by atoms with E-state index in [-0.39, 0.29) is 12.0 Å². The van der Waals surface area contributed by atoms with Crippen LogP contribution in [-0.2, 0) is 16.1 Å². The number of ether oxygens (including phenoxy) is 1. The van der Waals surface area contributed by atoms with Crippen LogP contribution in [0.15, 0.2) is 29.6 Å². The zero-order valence-corrected chi connectivity index (χ0v) is 16.0. The Kier molecular flexibility index (Phi) is 5.33. The number of piperazine rings is 1. The van der Waals surface area contributed by atoms with E-state index in [1.54, 1.807) is 11.3 Å². The topological polar surface area (TPSA) is 45.7 Å². The van der Waals surface area contributed by atoms with Crippen LogP contribution in [-0.4, -0.2) is 59.6 Å². The van der Waals surface area contributed by atoms with E-state index in [1.165, 1.54) is 11.1 Å². The highest BCUT2D eigenvalue weighted by Crippen LogP contribution is 2.25. The highest BCUT2D eigenvalue weighted by Gasteiger charge is 2.30. The molecule has 2 aliphatic rings. The van der Waals surface area contributed by atoms with E-state index >= 15 is 0 Å². The van der Waals surface area contributed by atoms with Crippen LogP contribution in [0.2, 0.25) is 0 Å². The molecule has 0 saturated carbocycles. The van der Waals surface area contributed by atoms with Crippen molar-refractivity contribution in [3.8, 4) is 10.6 Å². The molecule has 1 amide bonds. The van der Waals surface area contributed by atoms with Crippen molar-refractivity contribution < 1.29 is 9.53 Å². The van der Waals surface area contributed by atoms with Gasteiger partial charge in [-0.05, 0) is 19.8 Å². The Morgan fingerprint density at radius 1 is 1.23 bits per heavy atom. The average Bonchev–Trinajstić information content (AvgIpc) is 3.35. The highest BCUT2D eigenvalue weighted by molar-refractivity contribution is 7.13. The van der Waals surface area contributed by atoms with E-state index in [2.05, 4.69) is 41.5 Å². The summed E-state index contributed by atoms with van der Waals surface area (Å²) >= 11 is 1.70. The summed E-state index contributed by atoms with van der Waals surface area (Å²) in [5.41, 5.74) is 3.56. The molecule has 26 heavy (non-hydrogen) atoms. The Bertz CT molecular complexity index is 745. The summed E-state index contributed by atoms with van der Waals surface area (Å²) in [4.78, 5) is 21.6. The van der Waals surface area contributed by atoms with Gasteiger partial charge in [0.1, 0.15) is 11.1 Å². The van der Waals surface area contributed by atoms with Crippen molar-refractivity contribution in [2.45, 2.75) is 32.4 Å². The van der Waals surface area contributed by atoms with Crippen LogP contribution in [0.3, 0.4) is 0 Å². The number of carbonyl (C=O) groups is 1. The molecule has 0 N–H and O–H groups in total. The summed E-state index contributed by atoms with van der Waals surface area (Å²) in [7, 11) is 0. The molecule has 0 radical (unpaired) electrons. The minimum absolute atomic E-state index is 0.178. The van der Waals surface area contributed by atoms with E-state index in [1.807, 2.05) is 4.90 Å². The lowest BCUT2D eigenvalue weighted by atomic mass is 10.2. The minimum Gasteiger partial charge on any atom is -0.368 e. The molecule has 4 rings (SSSR count). The van der Waals surface area contributed by atoms with Crippen LogP contribution < -0.4 is 0 Å². The summed E-state index contributed by atoms with van der Waals surface area (Å²) in [5.74, 6) is 0.178. The van der Waals surface area contributed by atoms with Gasteiger partial charge in [-0.1, -0.05) is 29.8 Å². The number of carbonyl (C=O) groups excluding carboxylic acids is 1. The van der Waals surface area contributed by atoms with E-state index in [0.717, 1.165) is 62.9 Å². The molecule has 0 aliphatic carbocycles. The number of aryl methyl sites for hydroxylation is 1. The maximum atomic E-state index is 12.4. The zero-order chi connectivity index (χ0) is 17.9. The van der Waals surface area contributed by atoms with Crippen molar-refractivity contribution in [2.75, 3.05) is 32.8 Å². The third-order valence-electron chi connectivity index (χ3n) is 5.12. The van der Waals surface area contributed by atoms with Crippen molar-refractivity contribution in [1.82, 2.24) is 14.8 Å². The number of hydrogen-bond donors (Lipinski definition) is 0. The van der Waals surface area contributed by atoms with E-state index < -0.39 is 0 Å². The Morgan fingerprint density at radius 3 is 2.69 bits per heavy atom. The number of nitrogens with zero attached hydrogens (tertiary/aromatic N) is 3. The quantitative estimate of drug-likeness (QED) is 0.829. The van der Waals surface area contributed by atoms with Gasteiger partial charge in [0.05, 0.1) is 5.69 Å². The Balaban J connectivity index is 1.30. The molecule has 0 bridgehead atoms. The molecule has 138 valence electrons. The third-order valence-corrected chi connectivity index (χ3v) is 6.07. The van der Waals surface area contributed by atoms with Gasteiger partial charge in [0.25, 0.3) is 5.91 Å². The Hall–Kier alpha value is -1.76. The van der Waals surface area contributed by atoms with E-state index in [4.69, 9.17) is 9.72 Å². The molecular weight excluding hydrogens is 346 g/mol. The molecule has 2 saturated heterocycles. The van der Waals surface area contributed by atoms with Crippen molar-refractivity contribution in [2.24, 2.45) is 0 Å². The predicted octanol–water partition coefficient (Wildman–Crippen LogP) is 2.94. The molecule has 3 heterocycles. The molecule has 1 atom stereocenters. The number of rotatable bonds is 4. The average molecular weight is 372 g/mol. The van der Waals surface area contributed by atoms with Crippen molar-refractivity contribution in [1.29, 1.82) is 0 Å². The molecular formula is C20H25N3O2S. The first-order chi connectivity index (χ1) is 12.7. The van der Waals surface area contributed by atoms with Gasteiger partial charge < -0.3 is 9.64 Å². The maximum absolute atomic E-state index is 12.4. The van der Waals surface area contributed by atoms with Gasteiger partial charge in [0.15, 0.2) is 0 Å². The molecule has 2 aliphatic heterocycles. The van der Waals surface area contributed by atoms with Gasteiger partial charge in [-0.2, -0.15) is 0 Å². The van der Waals surface area contributed by atoms with Gasteiger partial charge in [-0.3, -0.25) is 9.69 Å². The molecule has 0 spiro atoms. The van der Waals surface area contributed by atoms with Gasteiger partial charge >= 0.3 is 0 Å². The number of amides is 1. The van der Waals surface area contributed by atoms with Gasteiger partial charge in [0.2, 0.25) is 0 Å². The second-order valence-corrected chi connectivity index (χ2v) is 7.97. The maximum Gasteiger partial charge on any atom is 0.251 e. The van der Waals surface area contributed by atoms with Gasteiger partial charge in [-0.25, -0.2) is 4.98 Å². The first-order valence-electron chi connectivity index (χ1n) is 9.33. The summed E-state index contributed by atoms with van der Waals surface area (Å²) < 4.78 is 5.53. The van der Waals surface area contributed by atoms with Crippen LogP contribution >= 0.6 is 11.3 Å². The lowest BCUT2D eigenvalue weighted by Gasteiger charge is -2.35. The molecule has 2 aromatic rings. The van der Waals surface area contributed by atoms with Gasteiger partial charge in [0, 0.05) is 50.3 Å². The fraction of sp³-hybridized carbons (Fsp3) is 0.500. The summed E-state index contributed by atoms with van der Waals surface area (Å²) in [6.45, 7) is 7.04. The zero-order valence-electron chi connectivity index (χ0n) is 15.2. The standard InChI is InChI=1S/C20H25N3O2S/c1-15-4-6-16(7-5-15)19-21-17(14-26-19)13-22-8-10-23(11-9-22)20(24)18-3-2-12-25-18/h4-7,14,18H,2-3,8-13H2,1H3/t18-/m1/s1. The summed E-state index contributed by atoms with van der Waals surface area (Å²) in [5, 5.41) is 3.23. The molecule has 6 heteroatoms. The normalized spacial score (nSPS) is 21.3. The Labute approximate surface area is 158 Å². The Morgan fingerprint density at radius 2 is 2.00 bits per heavy atom. The first kappa shape index (κ1) is 17.6. The van der Waals surface area contributed by atoms with Crippen molar-refractivity contribution in [3.63, 3.8) is 0 Å². The van der Waals surface area contributed by atoms with Gasteiger partial charge in [-0.15, -0.1) is 11.3 Å². The number of hydrogen-bond acceptors (Lipinski definition) is 5. The second kappa shape index (κ2) is 7.86. The van der Waals surface area contributed by atoms with Crippen molar-refractivity contribution >= 4 is 17.2 Å². The molecule has 1 aromatic carbocycles. The SMILES string of the molecule is Cc1ccc(-c2nc(CN3CCN(C(=O)[C@H]4CCCO4)CC3)cs2)cc1. The molecule has 1 aromatic heterocycles. The minimum atomic E-state index is -0.197. The third kappa shape index (κ3) is 3.98. The van der Waals surface area contributed by atoms with Crippen molar-refractivity contribution in [3.05, 3.63) is 40.9 Å². The second-order valence-electron chi connectivity index (χ2n) is 7.11. The fourth-order valence-corrected chi connectivity index (χ4v) is 4.36. The highest BCUT2D eigenvalue weighted by atomic mass is 32.1. The van der Waals surface area contributed by atoms with Crippen LogP contribution in [0.5, 0.6) is 0 Å². The predicted molar refractivity (Wildman–Crippen MR) is 103 cm³/mol. The molecule has 5 nitrogen and oxygen atoms in total. The molecule has 0 unspecified atom stereocenters. The first-order valence-corrected chi connectivity index (χ1v) is 10.2. The van der Waals surface area contributed by atoms with E-state index in [0.29, 0.717) is 0 Å². The largest absolute Gasteiger partial charge is 0.368 e. The monoisotopic (exact) mass is 371 g/mol. The summed E-state index contributed by atoms with van der Waals surface area (Å²) in [6, 6.07) is 8.52. The summed E-state index contributed by atoms with van der Waals surface area (Å²) in [6.07, 6.45) is 1.68. The van der Waals surface area contributed by atoms with Crippen LogP contribution in [0, 0.1) is 6.92 Å². The lowest BCUT2D eigenvalue weighted by molar-refractivity contribution is -0.142. The van der Waals surface area contributed by atoms with Crippen LogP contribution in [0.1, 0.15) is 24.1 Å². The fourth-order valence-electron chi connectivity index (χ4n) is 3.54. The smallest absolute Gasteiger partial charge is 0.251 e. The number of aromatic nitrogens is 1. The number of benzene rings is 1. The molecule has 2 fully saturated rings.